The zero-order chi connectivity index (χ0) is 24.0. The van der Waals surface area contributed by atoms with Gasteiger partial charge < -0.3 is 20.5 Å². The van der Waals surface area contributed by atoms with Gasteiger partial charge in [-0.05, 0) is 61.0 Å². The normalized spacial score (nSPS) is 19.1. The minimum Gasteiger partial charge on any atom is -0.476 e. The van der Waals surface area contributed by atoms with Crippen LogP contribution in [-0.2, 0) is 14.8 Å². The number of hydrogen-bond acceptors (Lipinski definition) is 10. The molecule has 34 heavy (non-hydrogen) atoms. The van der Waals surface area contributed by atoms with Crippen LogP contribution in [0, 0.1) is 10.8 Å². The van der Waals surface area contributed by atoms with Gasteiger partial charge in [-0.25, -0.2) is 13.1 Å². The first-order valence-electron chi connectivity index (χ1n) is 11.6. The van der Waals surface area contributed by atoms with Gasteiger partial charge in [0.25, 0.3) is 5.88 Å². The molecule has 0 amide bonds. The van der Waals surface area contributed by atoms with Crippen LogP contribution in [0.2, 0.25) is 0 Å². The summed E-state index contributed by atoms with van der Waals surface area (Å²) in [6.07, 6.45) is 7.42. The van der Waals surface area contributed by atoms with E-state index in [2.05, 4.69) is 25.2 Å². The molecule has 1 aliphatic heterocycles. The maximum absolute atomic E-state index is 12.5. The van der Waals surface area contributed by atoms with Crippen LogP contribution in [-0.4, -0.2) is 44.2 Å². The summed E-state index contributed by atoms with van der Waals surface area (Å²) in [6, 6.07) is 6.14. The number of ether oxygens (including phenoxy) is 2. The van der Waals surface area contributed by atoms with E-state index in [1.54, 1.807) is 12.1 Å². The Labute approximate surface area is 198 Å². The topological polar surface area (TPSA) is 158 Å². The van der Waals surface area contributed by atoms with Gasteiger partial charge in [0.15, 0.2) is 5.82 Å². The van der Waals surface area contributed by atoms with Crippen molar-refractivity contribution in [2.75, 3.05) is 30.8 Å². The molecule has 2 aromatic rings. The number of hydrogen-bond donors (Lipinski definition) is 3. The van der Waals surface area contributed by atoms with Crippen molar-refractivity contribution in [3.8, 4) is 5.88 Å². The van der Waals surface area contributed by atoms with E-state index in [9.17, 15) is 13.3 Å². The van der Waals surface area contributed by atoms with Crippen LogP contribution in [0.1, 0.15) is 44.9 Å². The highest BCUT2D eigenvalue weighted by Crippen LogP contribution is 2.34. The third-order valence-electron chi connectivity index (χ3n) is 6.10. The van der Waals surface area contributed by atoms with Gasteiger partial charge >= 0.3 is 0 Å². The first-order chi connectivity index (χ1) is 16.4. The van der Waals surface area contributed by atoms with Gasteiger partial charge in [-0.1, -0.05) is 19.3 Å². The highest BCUT2D eigenvalue weighted by molar-refractivity contribution is 7.89. The summed E-state index contributed by atoms with van der Waals surface area (Å²) in [7, 11) is -3.65. The van der Waals surface area contributed by atoms with Gasteiger partial charge in [0.1, 0.15) is 0 Å². The van der Waals surface area contributed by atoms with Gasteiger partial charge in [-0.2, -0.15) is 9.97 Å². The summed E-state index contributed by atoms with van der Waals surface area (Å²) in [5.74, 6) is 0.469. The van der Waals surface area contributed by atoms with Gasteiger partial charge in [-0.3, -0.25) is 0 Å². The standard InChI is InChI=1S/C22H30N6O5S/c23-20-19(28-29)21(33-14-15-5-2-1-3-6-15)27-22(26-20)25-16-8-10-18(11-9-16)34(30,31)24-13-17-7-4-12-32-17/h8-11,15,17,24H,1-7,12-14H2,(H3,23,25,26,27). The average Bonchev–Trinajstić information content (AvgIpc) is 3.36. The van der Waals surface area contributed by atoms with E-state index in [0.717, 1.165) is 25.7 Å². The number of nitroso groups, excluding NO2 is 1. The zero-order valence-electron chi connectivity index (χ0n) is 18.9. The molecule has 1 aromatic carbocycles. The van der Waals surface area contributed by atoms with Crippen LogP contribution < -0.4 is 20.5 Å². The molecule has 1 saturated carbocycles. The lowest BCUT2D eigenvalue weighted by Crippen LogP contribution is -2.31. The van der Waals surface area contributed by atoms with Crippen molar-refractivity contribution >= 4 is 33.2 Å². The molecule has 2 aliphatic rings. The lowest BCUT2D eigenvalue weighted by atomic mass is 9.90. The number of nitrogens with two attached hydrogens (primary N) is 1. The number of nitrogens with one attached hydrogen (secondary N) is 2. The second kappa shape index (κ2) is 11.1. The highest BCUT2D eigenvalue weighted by atomic mass is 32.2. The van der Waals surface area contributed by atoms with Crippen molar-refractivity contribution < 1.29 is 17.9 Å². The minimum atomic E-state index is -3.65. The molecule has 1 saturated heterocycles. The van der Waals surface area contributed by atoms with Crippen molar-refractivity contribution in [3.05, 3.63) is 29.2 Å². The Kier molecular flexibility index (Phi) is 7.91. The Bertz CT molecular complexity index is 1080. The third kappa shape index (κ3) is 6.19. The Hall–Kier alpha value is -2.83. The molecule has 1 aliphatic carbocycles. The second-order valence-electron chi connectivity index (χ2n) is 8.63. The number of anilines is 3. The fourth-order valence-electron chi connectivity index (χ4n) is 4.18. The number of sulfonamides is 1. The molecule has 0 bridgehead atoms. The Morgan fingerprint density at radius 1 is 1.09 bits per heavy atom. The van der Waals surface area contributed by atoms with E-state index in [0.29, 0.717) is 24.8 Å². The molecule has 12 heteroatoms. The molecule has 0 radical (unpaired) electrons. The number of aromatic nitrogens is 2. The fourth-order valence-corrected chi connectivity index (χ4v) is 5.25. The first-order valence-corrected chi connectivity index (χ1v) is 13.0. The largest absolute Gasteiger partial charge is 0.476 e. The predicted molar refractivity (Wildman–Crippen MR) is 128 cm³/mol. The molecule has 184 valence electrons. The molecule has 11 nitrogen and oxygen atoms in total. The van der Waals surface area contributed by atoms with Gasteiger partial charge in [0.2, 0.25) is 21.7 Å². The van der Waals surface area contributed by atoms with Crippen LogP contribution in [0.4, 0.5) is 23.1 Å². The van der Waals surface area contributed by atoms with Crippen LogP contribution in [0.15, 0.2) is 34.3 Å². The molecule has 1 atom stereocenters. The van der Waals surface area contributed by atoms with Crippen LogP contribution in [0.5, 0.6) is 5.88 Å². The lowest BCUT2D eigenvalue weighted by molar-refractivity contribution is 0.114. The number of nitrogen functional groups attached to an aromatic ring is 1. The summed E-state index contributed by atoms with van der Waals surface area (Å²) < 4.78 is 38.9. The van der Waals surface area contributed by atoms with Crippen LogP contribution in [0.3, 0.4) is 0 Å². The second-order valence-corrected chi connectivity index (χ2v) is 10.4. The Morgan fingerprint density at radius 3 is 2.53 bits per heavy atom. The highest BCUT2D eigenvalue weighted by Gasteiger charge is 2.21. The molecule has 1 aromatic heterocycles. The zero-order valence-corrected chi connectivity index (χ0v) is 19.7. The summed E-state index contributed by atoms with van der Waals surface area (Å²) in [4.78, 5) is 19.7. The van der Waals surface area contributed by atoms with Crippen molar-refractivity contribution in [3.63, 3.8) is 0 Å². The molecule has 1 unspecified atom stereocenters. The van der Waals surface area contributed by atoms with E-state index in [4.69, 9.17) is 15.2 Å². The summed E-state index contributed by atoms with van der Waals surface area (Å²) in [5, 5.41) is 5.90. The average molecular weight is 491 g/mol. The van der Waals surface area contributed by atoms with E-state index < -0.39 is 10.0 Å². The van der Waals surface area contributed by atoms with E-state index in [-0.39, 0.29) is 40.9 Å². The third-order valence-corrected chi connectivity index (χ3v) is 7.54. The lowest BCUT2D eigenvalue weighted by Gasteiger charge is -2.21. The van der Waals surface area contributed by atoms with E-state index in [1.807, 2.05) is 0 Å². The molecule has 4 rings (SSSR count). The molecule has 0 spiro atoms. The van der Waals surface area contributed by atoms with Crippen molar-refractivity contribution in [2.45, 2.75) is 55.9 Å². The number of rotatable bonds is 10. The quantitative estimate of drug-likeness (QED) is 0.423. The molecule has 4 N–H and O–H groups in total. The monoisotopic (exact) mass is 490 g/mol. The van der Waals surface area contributed by atoms with Crippen molar-refractivity contribution in [2.24, 2.45) is 11.1 Å². The maximum Gasteiger partial charge on any atom is 0.250 e. The maximum atomic E-state index is 12.5. The number of nitrogens with zero attached hydrogens (tertiary/aromatic N) is 3. The molecular formula is C22H30N6O5S. The van der Waals surface area contributed by atoms with Crippen molar-refractivity contribution in [1.29, 1.82) is 0 Å². The van der Waals surface area contributed by atoms with E-state index >= 15 is 0 Å². The summed E-state index contributed by atoms with van der Waals surface area (Å²) in [5.41, 5.74) is 6.32. The van der Waals surface area contributed by atoms with Gasteiger partial charge in [0, 0.05) is 18.8 Å². The molecule has 2 heterocycles. The smallest absolute Gasteiger partial charge is 0.250 e. The van der Waals surface area contributed by atoms with Crippen LogP contribution in [0.25, 0.3) is 0 Å². The minimum absolute atomic E-state index is 0.0353. The summed E-state index contributed by atoms with van der Waals surface area (Å²) >= 11 is 0. The van der Waals surface area contributed by atoms with Crippen LogP contribution >= 0.6 is 0 Å². The Balaban J connectivity index is 1.42. The van der Waals surface area contributed by atoms with E-state index in [1.165, 1.54) is 31.4 Å². The Morgan fingerprint density at radius 2 is 1.85 bits per heavy atom. The van der Waals surface area contributed by atoms with Gasteiger partial charge in [0.05, 0.1) is 17.6 Å². The predicted octanol–water partition coefficient (Wildman–Crippen LogP) is 3.62. The van der Waals surface area contributed by atoms with Crippen molar-refractivity contribution in [1.82, 2.24) is 14.7 Å². The SMILES string of the molecule is Nc1nc(Nc2ccc(S(=O)(=O)NCC3CCCO3)cc2)nc(OCC2CCCCC2)c1N=O. The molecular weight excluding hydrogens is 460 g/mol. The fraction of sp³-hybridized carbons (Fsp3) is 0.545. The molecule has 2 fully saturated rings. The number of benzene rings is 1. The van der Waals surface area contributed by atoms with Gasteiger partial charge in [-0.15, -0.1) is 4.91 Å². The summed E-state index contributed by atoms with van der Waals surface area (Å²) in [6.45, 7) is 1.34. The first kappa shape index (κ1) is 24.3.